The molecule has 0 saturated carbocycles. The van der Waals surface area contributed by atoms with Crippen LogP contribution in [0.3, 0.4) is 0 Å². The Labute approximate surface area is 865 Å². The largest absolute Gasteiger partial charge is 0.454 e. The highest BCUT2D eigenvalue weighted by atomic mass is 32.1. The quantitative estimate of drug-likeness (QED) is 0.0563. The summed E-state index contributed by atoms with van der Waals surface area (Å²) < 4.78 is 14.3. The summed E-state index contributed by atoms with van der Waals surface area (Å²) in [4.78, 5) is 4.82. The molecule has 0 saturated heterocycles. The molecule has 0 N–H and O–H groups in total. The van der Waals surface area contributed by atoms with Gasteiger partial charge < -0.3 is 23.4 Å². The lowest BCUT2D eigenvalue weighted by atomic mass is 9.96. The highest BCUT2D eigenvalue weighted by molar-refractivity contribution is 7.26. The van der Waals surface area contributed by atoms with Gasteiger partial charge in [0.1, 0.15) is 5.58 Å². The maximum absolute atomic E-state index is 6.83. The maximum atomic E-state index is 6.83. The van der Waals surface area contributed by atoms with Crippen LogP contribution in [0.2, 0.25) is 0 Å². The van der Waals surface area contributed by atoms with Crippen LogP contribution >= 0.6 is 11.3 Å². The van der Waals surface area contributed by atoms with Gasteiger partial charge in [0, 0.05) is 98.0 Å². The van der Waals surface area contributed by atoms with E-state index in [9.17, 15) is 0 Å². The minimum absolute atomic E-state index is 0.880. The predicted molar refractivity (Wildman–Crippen MR) is 635 cm³/mol. The lowest BCUT2D eigenvalue weighted by molar-refractivity contribution is 0.671. The molecule has 0 spiro atoms. The molecule has 28 rings (SSSR count). The zero-order chi connectivity index (χ0) is 98.0. The lowest BCUT2D eigenvalue weighted by Gasteiger charge is -2.35. The number of hydrogen-bond acceptors (Lipinski definition) is 4. The molecule has 0 radical (unpaired) electrons. The summed E-state index contributed by atoms with van der Waals surface area (Å²) in [5.41, 5.74) is 24.7. The van der Waals surface area contributed by atoms with Crippen molar-refractivity contribution in [3.8, 4) is 55.9 Å². The van der Waals surface area contributed by atoms with Crippen molar-refractivity contribution >= 4 is 210 Å². The van der Waals surface area contributed by atoms with Crippen molar-refractivity contribution in [2.45, 2.75) is 0 Å². The maximum Gasteiger partial charge on any atom is 0.179 e. The summed E-state index contributed by atoms with van der Waals surface area (Å²) in [6.07, 6.45) is 0. The van der Waals surface area contributed by atoms with Crippen LogP contribution in [-0.4, -0.2) is 25.3 Å². The number of benzene rings is 24. The highest BCUT2D eigenvalue weighted by Gasteiger charge is 2.44. The van der Waals surface area contributed by atoms with E-state index in [1.54, 1.807) is 0 Å². The van der Waals surface area contributed by atoms with Crippen molar-refractivity contribution < 1.29 is 4.42 Å². The summed E-state index contributed by atoms with van der Waals surface area (Å²) in [6.45, 7) is 0. The third kappa shape index (κ3) is 15.1. The highest BCUT2D eigenvalue weighted by Crippen LogP contribution is 2.51. The second-order valence-electron chi connectivity index (χ2n) is 38.3. The summed E-state index contributed by atoms with van der Waals surface area (Å²) in [5.74, 6) is 0. The Morgan fingerprint density at radius 2 is 0.473 bits per heavy atom. The van der Waals surface area contributed by atoms with Gasteiger partial charge in [-0.1, -0.05) is 449 Å². The van der Waals surface area contributed by atoms with E-state index in [0.29, 0.717) is 0 Å². The van der Waals surface area contributed by atoms with Crippen LogP contribution < -0.4 is 51.3 Å². The molecule has 28 aromatic rings. The van der Waals surface area contributed by atoms with Crippen molar-refractivity contribution in [3.63, 3.8) is 0 Å². The second kappa shape index (κ2) is 37.6. The first-order chi connectivity index (χ1) is 73.4. The predicted octanol–water partition coefficient (Wildman–Crippen LogP) is 32.5. The number of para-hydroxylation sites is 5. The fourth-order valence-corrected chi connectivity index (χ4v) is 34.3. The molecule has 696 valence electrons. The minimum Gasteiger partial charge on any atom is -0.454 e. The molecule has 0 amide bonds. The monoisotopic (exact) mass is 1940 g/mol. The molecule has 0 aliphatic heterocycles. The summed E-state index contributed by atoms with van der Waals surface area (Å²) in [5, 5.41) is 25.4. The van der Waals surface area contributed by atoms with Gasteiger partial charge in [0.25, 0.3) is 0 Å². The standard InChI is InChI=1S/C70H48N2OSi.C70H48N2SSi/c1-5-22-52(23-6-1)72-66-34-17-15-32-63(66)68-64(48-65-62-31-16-18-35-67(62)73-70(65)69(68)72)51-38-42-54(43-39-51)71(53-40-36-50(37-41-53)61-33-19-21-49-20-13-14-30-60(49)61)55-44-46-59(47-45-55)74(56-24-7-2-8-25-56,57-26-9-3-10-27-57)58-28-11-4-12-29-58;1-5-22-52(23-6-1)72-65-34-17-15-31-62(65)68-64(48-67-69(70(68)72)63-32-16-18-35-66(63)73-67)51-38-42-54(43-39-51)71(53-40-36-50(37-41-53)61-33-19-21-49-20-13-14-30-60(49)61)55-44-46-59(47-45-55)74(56-24-7-2-8-25-56,57-26-9-3-10-27-57)58-28-11-4-12-29-58/h2*1-48H. The number of nitrogens with zero attached hydrogens (tertiary/aromatic N) is 4. The molecular weight excluding hydrogens is 1840 g/mol. The van der Waals surface area contributed by atoms with Crippen molar-refractivity contribution in [2.24, 2.45) is 0 Å². The molecule has 4 heterocycles. The van der Waals surface area contributed by atoms with E-state index >= 15 is 0 Å². The van der Waals surface area contributed by atoms with Gasteiger partial charge in [-0.25, -0.2) is 0 Å². The molecular formula is C140H96N4OSSi2. The van der Waals surface area contributed by atoms with Crippen molar-refractivity contribution in [1.29, 1.82) is 0 Å². The fraction of sp³-hybridized carbons (Fsp3) is 0. The fourth-order valence-electron chi connectivity index (χ4n) is 23.7. The van der Waals surface area contributed by atoms with Crippen molar-refractivity contribution in [3.05, 3.63) is 582 Å². The third-order valence-electron chi connectivity index (χ3n) is 30.3. The van der Waals surface area contributed by atoms with Crippen LogP contribution in [0, 0.1) is 0 Å². The van der Waals surface area contributed by atoms with E-state index in [1.165, 1.54) is 149 Å². The summed E-state index contributed by atoms with van der Waals surface area (Å²) in [7, 11) is -5.49. The van der Waals surface area contributed by atoms with Gasteiger partial charge in [-0.3, -0.25) is 0 Å². The number of anilines is 6. The zero-order valence-electron chi connectivity index (χ0n) is 81.0. The Balaban J connectivity index is 0.000000146. The molecule has 4 aromatic heterocycles. The van der Waals surface area contributed by atoms with Crippen LogP contribution in [0.15, 0.2) is 587 Å². The normalized spacial score (nSPS) is 11.8. The Bertz CT molecular complexity index is 9570. The number of hydrogen-bond donors (Lipinski definition) is 0. The first-order valence-corrected chi connectivity index (χ1v) is 55.6. The Morgan fingerprint density at radius 3 is 0.865 bits per heavy atom. The smallest absolute Gasteiger partial charge is 0.179 e. The van der Waals surface area contributed by atoms with Crippen LogP contribution in [-0.2, 0) is 0 Å². The van der Waals surface area contributed by atoms with E-state index in [0.717, 1.165) is 89.6 Å². The Hall–Kier alpha value is -18.5. The molecule has 0 unspecified atom stereocenters. The zero-order valence-corrected chi connectivity index (χ0v) is 83.8. The summed E-state index contributed by atoms with van der Waals surface area (Å²) in [6, 6.07) is 214. The van der Waals surface area contributed by atoms with E-state index < -0.39 is 16.1 Å². The molecule has 8 heteroatoms. The average molecular weight is 1940 g/mol. The van der Waals surface area contributed by atoms with Crippen LogP contribution in [0.25, 0.3) is 163 Å². The average Bonchev–Trinajstić information content (AvgIpc) is 1.54. The first-order valence-electron chi connectivity index (χ1n) is 50.8. The molecule has 5 nitrogen and oxygen atoms in total. The van der Waals surface area contributed by atoms with Crippen molar-refractivity contribution in [2.75, 3.05) is 9.80 Å². The van der Waals surface area contributed by atoms with Crippen LogP contribution in [0.1, 0.15) is 0 Å². The van der Waals surface area contributed by atoms with Gasteiger partial charge in [-0.05, 0) is 241 Å². The van der Waals surface area contributed by atoms with E-state index in [2.05, 4.69) is 601 Å². The molecule has 148 heavy (non-hydrogen) atoms. The molecule has 0 aliphatic carbocycles. The molecule has 0 atom stereocenters. The van der Waals surface area contributed by atoms with E-state index in [-0.39, 0.29) is 0 Å². The van der Waals surface area contributed by atoms with Gasteiger partial charge >= 0.3 is 0 Å². The topological polar surface area (TPSA) is 29.5 Å². The minimum atomic E-state index is -2.75. The van der Waals surface area contributed by atoms with E-state index in [1.807, 2.05) is 11.3 Å². The van der Waals surface area contributed by atoms with Crippen LogP contribution in [0.5, 0.6) is 0 Å². The molecule has 0 fully saturated rings. The first kappa shape index (κ1) is 88.4. The van der Waals surface area contributed by atoms with Crippen molar-refractivity contribution in [1.82, 2.24) is 9.13 Å². The lowest BCUT2D eigenvalue weighted by Crippen LogP contribution is -2.74. The van der Waals surface area contributed by atoms with Gasteiger partial charge in [0.05, 0.1) is 22.1 Å². The van der Waals surface area contributed by atoms with Crippen LogP contribution in [0.4, 0.5) is 34.1 Å². The molecule has 0 aliphatic rings. The Morgan fingerprint density at radius 1 is 0.189 bits per heavy atom. The number of rotatable bonds is 20. The van der Waals surface area contributed by atoms with Gasteiger partial charge in [0.15, 0.2) is 21.7 Å². The van der Waals surface area contributed by atoms with Gasteiger partial charge in [-0.2, -0.15) is 0 Å². The third-order valence-corrected chi connectivity index (χ3v) is 41.0. The SMILES string of the molecule is c1ccc(-n2c3ccccc3c3c(-c4ccc(N(c5ccc(-c6cccc7ccccc67)cc5)c5ccc([Si](c6ccccc6)(c6ccccc6)c6ccccc6)cc5)cc4)cc4c5ccccc5oc4c32)cc1.c1ccc(-n2c3ccccc3c3c(-c4ccc(N(c5ccc(-c6cccc7ccccc67)cc5)c5ccc([Si](c6ccccc6)(c6ccccc6)c6ccccc6)cc5)cc4)cc4sc5ccccc5c4c32)cc1. The second-order valence-corrected chi connectivity index (χ2v) is 47.0. The number of fused-ring (bicyclic) bond motifs is 16. The van der Waals surface area contributed by atoms with Gasteiger partial charge in [-0.15, -0.1) is 11.3 Å². The number of furan rings is 1. The van der Waals surface area contributed by atoms with E-state index in [4.69, 9.17) is 4.42 Å². The molecule has 0 bridgehead atoms. The number of aromatic nitrogens is 2. The van der Waals surface area contributed by atoms with Gasteiger partial charge in [0.2, 0.25) is 0 Å². The number of thiophene rings is 1. The Kier molecular flexibility index (Phi) is 22.5. The summed E-state index contributed by atoms with van der Waals surface area (Å²) >= 11 is 1.88. The molecule has 24 aromatic carbocycles.